The molecule has 1 saturated heterocycles. The fraction of sp³-hybridized carbons (Fsp3) is 0.385. The monoisotopic (exact) mass is 514 g/mol. The van der Waals surface area contributed by atoms with Gasteiger partial charge < -0.3 is 19.1 Å². The Morgan fingerprint density at radius 3 is 2.35 bits per heavy atom. The largest absolute Gasteiger partial charge is 0.452 e. The number of aryl methyl sites for hydroxylation is 1. The zero-order chi connectivity index (χ0) is 26.9. The van der Waals surface area contributed by atoms with E-state index in [1.54, 1.807) is 6.08 Å². The van der Waals surface area contributed by atoms with Gasteiger partial charge in [0.15, 0.2) is 17.4 Å². The van der Waals surface area contributed by atoms with E-state index in [0.717, 1.165) is 22.2 Å². The van der Waals surface area contributed by atoms with E-state index in [1.807, 2.05) is 61.3 Å². The number of alkyl halides is 3. The third-order valence-corrected chi connectivity index (χ3v) is 6.50. The summed E-state index contributed by atoms with van der Waals surface area (Å²) in [5.41, 5.74) is 0.927. The number of allylic oxidation sites excluding steroid dienone is 2. The van der Waals surface area contributed by atoms with Crippen molar-refractivity contribution in [1.82, 2.24) is 25.0 Å². The second kappa shape index (κ2) is 10.2. The summed E-state index contributed by atoms with van der Waals surface area (Å²) in [5.74, 6) is -1.62. The molecule has 11 heteroatoms. The highest BCUT2D eigenvalue weighted by molar-refractivity contribution is 5.98. The number of piperidine rings is 1. The number of nitrogens with zero attached hydrogens (tertiary/aromatic N) is 6. The van der Waals surface area contributed by atoms with Gasteiger partial charge >= 0.3 is 6.18 Å². The lowest BCUT2D eigenvalue weighted by atomic mass is 10.0. The van der Waals surface area contributed by atoms with Gasteiger partial charge in [-0.25, -0.2) is 4.98 Å². The van der Waals surface area contributed by atoms with Crippen LogP contribution in [-0.2, 0) is 6.18 Å². The minimum absolute atomic E-state index is 0.0192. The van der Waals surface area contributed by atoms with E-state index < -0.39 is 23.5 Å². The Labute approximate surface area is 213 Å². The molecule has 0 bridgehead atoms. The van der Waals surface area contributed by atoms with Gasteiger partial charge in [0.2, 0.25) is 5.76 Å². The Balaban J connectivity index is 1.55. The highest BCUT2D eigenvalue weighted by Crippen LogP contribution is 2.35. The van der Waals surface area contributed by atoms with Gasteiger partial charge in [0.05, 0.1) is 5.70 Å². The first kappa shape index (κ1) is 26.2. The SMILES string of the molecule is C=C/C=C(/c1nnc(N(C)C2CCN(C(=O)c3nc(C)oc3C(F)(F)F)CC2)c2ccccc12)N(C)C. The lowest BCUT2D eigenvalue weighted by Crippen LogP contribution is -2.46. The van der Waals surface area contributed by atoms with Crippen LogP contribution in [-0.4, -0.2) is 71.2 Å². The van der Waals surface area contributed by atoms with Crippen LogP contribution in [0.15, 0.2) is 47.4 Å². The van der Waals surface area contributed by atoms with Gasteiger partial charge in [0, 0.05) is 58.0 Å². The van der Waals surface area contributed by atoms with Crippen molar-refractivity contribution in [2.75, 3.05) is 39.1 Å². The smallest absolute Gasteiger partial charge is 0.436 e. The quantitative estimate of drug-likeness (QED) is 0.439. The van der Waals surface area contributed by atoms with Gasteiger partial charge in [-0.05, 0) is 18.9 Å². The van der Waals surface area contributed by atoms with Crippen molar-refractivity contribution in [2.45, 2.75) is 32.0 Å². The average molecular weight is 515 g/mol. The van der Waals surface area contributed by atoms with E-state index in [0.29, 0.717) is 18.7 Å². The van der Waals surface area contributed by atoms with Crippen LogP contribution >= 0.6 is 0 Å². The first-order valence-corrected chi connectivity index (χ1v) is 11.9. The van der Waals surface area contributed by atoms with E-state index in [-0.39, 0.29) is 25.0 Å². The molecular weight excluding hydrogens is 485 g/mol. The van der Waals surface area contributed by atoms with Crippen molar-refractivity contribution in [3.8, 4) is 0 Å². The molecule has 0 unspecified atom stereocenters. The van der Waals surface area contributed by atoms with Crippen molar-refractivity contribution in [3.05, 3.63) is 66.0 Å². The number of carbonyl (C=O) groups is 1. The summed E-state index contributed by atoms with van der Waals surface area (Å²) < 4.78 is 44.6. The number of oxazole rings is 1. The average Bonchev–Trinajstić information content (AvgIpc) is 3.28. The molecule has 1 amide bonds. The molecule has 3 heterocycles. The summed E-state index contributed by atoms with van der Waals surface area (Å²) >= 11 is 0. The Kier molecular flexibility index (Phi) is 7.24. The number of amides is 1. The number of fused-ring (bicyclic) bond motifs is 1. The van der Waals surface area contributed by atoms with Gasteiger partial charge in [-0.1, -0.05) is 36.9 Å². The first-order chi connectivity index (χ1) is 17.5. The van der Waals surface area contributed by atoms with Gasteiger partial charge in [-0.15, -0.1) is 10.2 Å². The van der Waals surface area contributed by atoms with Crippen molar-refractivity contribution in [1.29, 1.82) is 0 Å². The van der Waals surface area contributed by atoms with Crippen LogP contribution in [0.4, 0.5) is 19.0 Å². The molecular formula is C26H29F3N6O2. The van der Waals surface area contributed by atoms with Crippen LogP contribution in [0.25, 0.3) is 16.5 Å². The number of hydrogen-bond acceptors (Lipinski definition) is 7. The molecule has 0 radical (unpaired) electrons. The standard InChI is InChI=1S/C26H29F3N6O2/c1-6-9-20(33(3)4)21-18-10-7-8-11-19(18)24(32-31-21)34(5)17-12-14-35(15-13-17)25(36)22-23(26(27,28)29)37-16(2)30-22/h6-11,17H,1,12-15H2,2-5H3/b20-9-. The first-order valence-electron chi connectivity index (χ1n) is 11.9. The maximum atomic E-state index is 13.3. The number of hydrogen-bond donors (Lipinski definition) is 0. The summed E-state index contributed by atoms with van der Waals surface area (Å²) in [5, 5.41) is 11.0. The Morgan fingerprint density at radius 2 is 1.76 bits per heavy atom. The maximum absolute atomic E-state index is 13.3. The van der Waals surface area contributed by atoms with Crippen molar-refractivity contribution < 1.29 is 22.4 Å². The number of benzene rings is 1. The Hall–Kier alpha value is -3.89. The van der Waals surface area contributed by atoms with Crippen LogP contribution in [0, 0.1) is 6.92 Å². The summed E-state index contributed by atoms with van der Waals surface area (Å²) in [6, 6.07) is 7.90. The van der Waals surface area contributed by atoms with Crippen molar-refractivity contribution in [3.63, 3.8) is 0 Å². The predicted molar refractivity (Wildman–Crippen MR) is 135 cm³/mol. The lowest BCUT2D eigenvalue weighted by molar-refractivity contribution is -0.153. The van der Waals surface area contributed by atoms with Crippen LogP contribution < -0.4 is 4.90 Å². The summed E-state index contributed by atoms with van der Waals surface area (Å²) in [7, 11) is 5.78. The molecule has 2 aromatic heterocycles. The molecule has 0 spiro atoms. The fourth-order valence-corrected chi connectivity index (χ4v) is 4.63. The predicted octanol–water partition coefficient (Wildman–Crippen LogP) is 4.77. The van der Waals surface area contributed by atoms with Crippen molar-refractivity contribution in [2.24, 2.45) is 0 Å². The molecule has 0 atom stereocenters. The zero-order valence-corrected chi connectivity index (χ0v) is 21.2. The van der Waals surface area contributed by atoms with E-state index in [2.05, 4.69) is 26.2 Å². The number of aromatic nitrogens is 3. The number of likely N-dealkylation sites (tertiary alicyclic amines) is 1. The molecule has 4 rings (SSSR count). The number of anilines is 1. The molecule has 3 aromatic rings. The van der Waals surface area contributed by atoms with Gasteiger partial charge in [0.1, 0.15) is 5.69 Å². The molecule has 1 aliphatic rings. The van der Waals surface area contributed by atoms with E-state index >= 15 is 0 Å². The van der Waals surface area contributed by atoms with Crippen LogP contribution in [0.2, 0.25) is 0 Å². The third-order valence-electron chi connectivity index (χ3n) is 6.50. The minimum Gasteiger partial charge on any atom is -0.436 e. The summed E-state index contributed by atoms with van der Waals surface area (Å²) in [6.45, 7) is 5.66. The van der Waals surface area contributed by atoms with Gasteiger partial charge in [-0.3, -0.25) is 4.79 Å². The normalized spacial score (nSPS) is 15.2. The highest BCUT2D eigenvalue weighted by atomic mass is 19.4. The Morgan fingerprint density at radius 1 is 1.11 bits per heavy atom. The molecule has 0 aliphatic carbocycles. The van der Waals surface area contributed by atoms with E-state index in [1.165, 1.54) is 11.8 Å². The molecule has 37 heavy (non-hydrogen) atoms. The zero-order valence-electron chi connectivity index (χ0n) is 21.2. The van der Waals surface area contributed by atoms with E-state index in [9.17, 15) is 18.0 Å². The second-order valence-corrected chi connectivity index (χ2v) is 9.14. The second-order valence-electron chi connectivity index (χ2n) is 9.14. The maximum Gasteiger partial charge on any atom is 0.452 e. The lowest BCUT2D eigenvalue weighted by Gasteiger charge is -2.37. The van der Waals surface area contributed by atoms with Gasteiger partial charge in [0.25, 0.3) is 5.91 Å². The van der Waals surface area contributed by atoms with Crippen LogP contribution in [0.5, 0.6) is 0 Å². The van der Waals surface area contributed by atoms with E-state index in [4.69, 9.17) is 0 Å². The molecule has 0 N–H and O–H groups in total. The molecule has 196 valence electrons. The van der Waals surface area contributed by atoms with Crippen molar-refractivity contribution >= 4 is 28.2 Å². The molecule has 0 saturated carbocycles. The molecule has 1 aromatic carbocycles. The number of carbonyl (C=O) groups excluding carboxylic acids is 1. The van der Waals surface area contributed by atoms with Gasteiger partial charge in [-0.2, -0.15) is 13.2 Å². The molecule has 1 fully saturated rings. The highest BCUT2D eigenvalue weighted by Gasteiger charge is 2.42. The number of halogens is 3. The topological polar surface area (TPSA) is 78.6 Å². The molecule has 8 nitrogen and oxygen atoms in total. The van der Waals surface area contributed by atoms with Crippen LogP contribution in [0.3, 0.4) is 0 Å². The third kappa shape index (κ3) is 5.16. The molecule has 1 aliphatic heterocycles. The Bertz CT molecular complexity index is 1340. The fourth-order valence-electron chi connectivity index (χ4n) is 4.63. The minimum atomic E-state index is -4.79. The number of rotatable bonds is 6. The van der Waals surface area contributed by atoms with Crippen LogP contribution in [0.1, 0.15) is 40.7 Å². The summed E-state index contributed by atoms with van der Waals surface area (Å²) in [6.07, 6.45) is -0.0922. The summed E-state index contributed by atoms with van der Waals surface area (Å²) in [4.78, 5) is 22.0.